The van der Waals surface area contributed by atoms with Crippen molar-refractivity contribution in [2.75, 3.05) is 39.3 Å². The number of anilines is 1. The number of carbonyl (C=O) groups is 6. The number of hydrogen-bond donors (Lipinski definition) is 3. The monoisotopic (exact) mass is 699 g/mol. The van der Waals surface area contributed by atoms with Crippen LogP contribution in [0.2, 0.25) is 0 Å². The number of urea groups is 2. The fraction of sp³-hybridized carbons (Fsp3) is 0.405. The number of ether oxygens (including phenoxy) is 3. The number of hydrogen-bond acceptors (Lipinski definition) is 10. The molecule has 0 radical (unpaired) electrons. The van der Waals surface area contributed by atoms with Crippen molar-refractivity contribution in [1.82, 2.24) is 20.9 Å². The Morgan fingerprint density at radius 3 is 1.73 bits per heavy atom. The fourth-order valence-electron chi connectivity index (χ4n) is 7.38. The minimum atomic E-state index is -0.770. The number of imide groups is 4. The van der Waals surface area contributed by atoms with Crippen LogP contribution >= 0.6 is 0 Å². The zero-order valence-electron chi connectivity index (χ0n) is 28.9. The molecule has 4 heterocycles. The molecule has 14 nitrogen and oxygen atoms in total. The summed E-state index contributed by atoms with van der Waals surface area (Å²) in [7, 11) is 4.45. The van der Waals surface area contributed by atoms with Gasteiger partial charge in [-0.1, -0.05) is 19.3 Å². The molecule has 0 aromatic heterocycles. The SMILES string of the molecule is COc1cc(/C=C2/C(=O)NC(=O)N(C3CCCCC3)C2=O)cc(OC)c1OC.O=C1NC(=O)C(=Cc2cc3c4c(c2)CCCN4CCC3)C(=O)N1. The lowest BCUT2D eigenvalue weighted by atomic mass is 9.89. The second-order valence-corrected chi connectivity index (χ2v) is 12.9. The highest BCUT2D eigenvalue weighted by Gasteiger charge is 2.40. The van der Waals surface area contributed by atoms with Gasteiger partial charge < -0.3 is 19.1 Å². The van der Waals surface area contributed by atoms with Gasteiger partial charge in [-0.2, -0.15) is 0 Å². The van der Waals surface area contributed by atoms with Crippen LogP contribution in [0.3, 0.4) is 0 Å². The summed E-state index contributed by atoms with van der Waals surface area (Å²) in [5.74, 6) is -1.37. The first-order chi connectivity index (χ1) is 24.6. The number of nitrogens with one attached hydrogen (secondary N) is 3. The largest absolute Gasteiger partial charge is 0.493 e. The highest BCUT2D eigenvalue weighted by Crippen LogP contribution is 2.39. The van der Waals surface area contributed by atoms with Gasteiger partial charge in [0.1, 0.15) is 11.1 Å². The van der Waals surface area contributed by atoms with Gasteiger partial charge in [0.2, 0.25) is 5.75 Å². The first-order valence-electron chi connectivity index (χ1n) is 17.1. The second-order valence-electron chi connectivity index (χ2n) is 12.9. The number of barbiturate groups is 2. The molecule has 0 atom stereocenters. The van der Waals surface area contributed by atoms with E-state index < -0.39 is 35.7 Å². The topological polar surface area (TPSA) is 173 Å². The van der Waals surface area contributed by atoms with Crippen LogP contribution in [0.5, 0.6) is 17.2 Å². The van der Waals surface area contributed by atoms with E-state index in [0.29, 0.717) is 22.8 Å². The summed E-state index contributed by atoms with van der Waals surface area (Å²) in [6.45, 7) is 2.21. The molecule has 4 aliphatic heterocycles. The Kier molecular flexibility index (Phi) is 10.4. The highest BCUT2D eigenvalue weighted by atomic mass is 16.5. The van der Waals surface area contributed by atoms with Gasteiger partial charge in [-0.3, -0.25) is 40.0 Å². The van der Waals surface area contributed by atoms with Gasteiger partial charge >= 0.3 is 12.1 Å². The minimum absolute atomic E-state index is 0.0276. The zero-order chi connectivity index (χ0) is 36.2. The lowest BCUT2D eigenvalue weighted by Gasteiger charge is -2.37. The molecule has 14 heteroatoms. The third kappa shape index (κ3) is 7.30. The van der Waals surface area contributed by atoms with Crippen molar-refractivity contribution >= 4 is 53.5 Å². The van der Waals surface area contributed by atoms with Crippen molar-refractivity contribution in [3.05, 3.63) is 57.7 Å². The van der Waals surface area contributed by atoms with Crippen LogP contribution in [0.15, 0.2) is 35.4 Å². The number of aryl methyl sites for hydroxylation is 2. The van der Waals surface area contributed by atoms with E-state index in [1.54, 1.807) is 18.2 Å². The molecule has 2 saturated heterocycles. The Hall–Kier alpha value is -5.66. The molecule has 3 N–H and O–H groups in total. The molecule has 0 unspecified atom stereocenters. The predicted molar refractivity (Wildman–Crippen MR) is 186 cm³/mol. The number of methoxy groups -OCH3 is 3. The van der Waals surface area contributed by atoms with Gasteiger partial charge in [0.05, 0.1) is 21.3 Å². The predicted octanol–water partition coefficient (Wildman–Crippen LogP) is 3.64. The molecule has 2 aromatic carbocycles. The van der Waals surface area contributed by atoms with Crippen molar-refractivity contribution in [3.63, 3.8) is 0 Å². The average molecular weight is 700 g/mol. The Morgan fingerprint density at radius 1 is 0.647 bits per heavy atom. The number of carbonyl (C=O) groups excluding carboxylic acids is 6. The van der Waals surface area contributed by atoms with E-state index in [-0.39, 0.29) is 17.2 Å². The molecule has 7 rings (SSSR count). The molecule has 5 aliphatic rings. The average Bonchev–Trinajstić information content (AvgIpc) is 3.12. The standard InChI is InChI=1S/C20H24N2O6.C17H17N3O3/c1-26-15-10-12(11-16(27-2)17(15)28-3)9-14-18(23)21-20(25)22(19(14)24)13-7-5-4-6-8-13;21-15-13(16(22)19-17(23)18-15)9-10-7-11-3-1-5-20-6-2-4-12(8-10)14(11)20/h9-11,13H,4-8H2,1-3H3,(H,21,23,25);7-9H,1-6H2,(H2,18,19,21,22,23)/b14-9-;. The van der Waals surface area contributed by atoms with Crippen molar-refractivity contribution in [2.45, 2.75) is 63.8 Å². The van der Waals surface area contributed by atoms with Gasteiger partial charge in [0.25, 0.3) is 23.6 Å². The summed E-state index contributed by atoms with van der Waals surface area (Å²) in [5, 5.41) is 6.48. The summed E-state index contributed by atoms with van der Waals surface area (Å²) in [4.78, 5) is 76.1. The van der Waals surface area contributed by atoms with Gasteiger partial charge in [-0.25, -0.2) is 9.59 Å². The third-order valence-electron chi connectivity index (χ3n) is 9.68. The molecule has 0 bridgehead atoms. The van der Waals surface area contributed by atoms with Crippen LogP contribution in [0, 0.1) is 0 Å². The molecule has 3 fully saturated rings. The molecule has 268 valence electrons. The zero-order valence-corrected chi connectivity index (χ0v) is 28.9. The maximum atomic E-state index is 13.0. The molecule has 8 amide bonds. The normalized spacial score (nSPS) is 19.7. The Labute approximate surface area is 295 Å². The first kappa shape index (κ1) is 35.2. The fourth-order valence-corrected chi connectivity index (χ4v) is 7.38. The van der Waals surface area contributed by atoms with Gasteiger partial charge in [0.15, 0.2) is 11.5 Å². The molecular weight excluding hydrogens is 658 g/mol. The molecule has 1 aliphatic carbocycles. The summed E-state index contributed by atoms with van der Waals surface area (Å²) in [6, 6.07) is 5.78. The summed E-state index contributed by atoms with van der Waals surface area (Å²) in [6.07, 6.45) is 11.8. The summed E-state index contributed by atoms with van der Waals surface area (Å²) in [5.41, 5.74) is 5.15. The van der Waals surface area contributed by atoms with E-state index in [1.807, 2.05) is 0 Å². The van der Waals surface area contributed by atoms with Crippen LogP contribution in [0.1, 0.15) is 67.2 Å². The summed E-state index contributed by atoms with van der Waals surface area (Å²) < 4.78 is 15.9. The Balaban J connectivity index is 0.000000179. The van der Waals surface area contributed by atoms with E-state index in [1.165, 1.54) is 49.1 Å². The number of benzene rings is 2. The van der Waals surface area contributed by atoms with Gasteiger partial charge in [-0.15, -0.1) is 0 Å². The van der Waals surface area contributed by atoms with E-state index >= 15 is 0 Å². The highest BCUT2D eigenvalue weighted by molar-refractivity contribution is 6.31. The lowest BCUT2D eigenvalue weighted by Crippen LogP contribution is -2.58. The van der Waals surface area contributed by atoms with Gasteiger partial charge in [-0.05, 0) is 97.2 Å². The number of rotatable bonds is 6. The van der Waals surface area contributed by atoms with E-state index in [0.717, 1.165) is 76.4 Å². The smallest absolute Gasteiger partial charge is 0.331 e. The Bertz CT molecular complexity index is 1780. The van der Waals surface area contributed by atoms with E-state index in [9.17, 15) is 28.8 Å². The third-order valence-corrected chi connectivity index (χ3v) is 9.68. The summed E-state index contributed by atoms with van der Waals surface area (Å²) >= 11 is 0. The van der Waals surface area contributed by atoms with E-state index in [4.69, 9.17) is 14.2 Å². The minimum Gasteiger partial charge on any atom is -0.493 e. The van der Waals surface area contributed by atoms with Gasteiger partial charge in [0, 0.05) is 24.8 Å². The van der Waals surface area contributed by atoms with Crippen LogP contribution < -0.4 is 35.1 Å². The van der Waals surface area contributed by atoms with Crippen molar-refractivity contribution in [1.29, 1.82) is 0 Å². The Morgan fingerprint density at radius 2 is 1.18 bits per heavy atom. The second kappa shape index (κ2) is 15.1. The maximum absolute atomic E-state index is 13.0. The molecule has 0 spiro atoms. The number of amides is 8. The van der Waals surface area contributed by atoms with E-state index in [2.05, 4.69) is 33.0 Å². The molecule has 2 aromatic rings. The number of nitrogens with zero attached hydrogens (tertiary/aromatic N) is 2. The lowest BCUT2D eigenvalue weighted by molar-refractivity contribution is -0.132. The van der Waals surface area contributed by atoms with Crippen LogP contribution in [-0.2, 0) is 32.0 Å². The van der Waals surface area contributed by atoms with Crippen molar-refractivity contribution < 1.29 is 43.0 Å². The van der Waals surface area contributed by atoms with Crippen molar-refractivity contribution in [2.24, 2.45) is 0 Å². The van der Waals surface area contributed by atoms with Crippen LogP contribution in [0.25, 0.3) is 12.2 Å². The quantitative estimate of drug-likeness (QED) is 0.299. The van der Waals surface area contributed by atoms with Crippen molar-refractivity contribution in [3.8, 4) is 17.2 Å². The molecular formula is C37H41N5O9. The maximum Gasteiger partial charge on any atom is 0.331 e. The first-order valence-corrected chi connectivity index (χ1v) is 17.1. The van der Waals surface area contributed by atoms with Crippen LogP contribution in [-0.4, -0.2) is 81.1 Å². The van der Waals surface area contributed by atoms with Crippen LogP contribution in [0.4, 0.5) is 15.3 Å². The molecule has 1 saturated carbocycles. The molecule has 51 heavy (non-hydrogen) atoms.